The zero-order chi connectivity index (χ0) is 23.8. The number of aryl methyl sites for hydroxylation is 2. The summed E-state index contributed by atoms with van der Waals surface area (Å²) in [6, 6.07) is 14.7. The first-order valence-electron chi connectivity index (χ1n) is 10.9. The number of hydrazone groups is 1. The molecule has 0 unspecified atom stereocenters. The molecule has 0 saturated carbocycles. The lowest BCUT2D eigenvalue weighted by molar-refractivity contribution is 0.415. The number of benzene rings is 2. The van der Waals surface area contributed by atoms with Crippen LogP contribution in [-0.2, 0) is 20.1 Å². The Morgan fingerprint density at radius 1 is 1.12 bits per heavy atom. The minimum absolute atomic E-state index is 0.0843. The summed E-state index contributed by atoms with van der Waals surface area (Å²) in [6.45, 7) is 1.35. The van der Waals surface area contributed by atoms with E-state index in [4.69, 9.17) is 16.3 Å². The minimum Gasteiger partial charge on any atom is -0.497 e. The fourth-order valence-electron chi connectivity index (χ4n) is 4.12. The van der Waals surface area contributed by atoms with Crippen LogP contribution in [0.25, 0.3) is 11.2 Å². The highest BCUT2D eigenvalue weighted by Gasteiger charge is 2.26. The Morgan fingerprint density at radius 3 is 2.62 bits per heavy atom. The standard InChI is InChI=1S/C24H23ClN6O3/c1-28-21-20(22(32)30(24(28)33)15-17-6-3-4-7-19(17)25)29-12-5-13-31(23(29)27-21)26-14-16-8-10-18(34-2)11-9-16/h3-4,6-11,14H,5,12-13,15H2,1-2H3. The fraction of sp³-hybridized carbons (Fsp3) is 0.250. The van der Waals surface area contributed by atoms with Gasteiger partial charge in [-0.05, 0) is 47.9 Å². The molecule has 2 aromatic carbocycles. The van der Waals surface area contributed by atoms with Crippen molar-refractivity contribution in [2.75, 3.05) is 18.7 Å². The summed E-state index contributed by atoms with van der Waals surface area (Å²) in [4.78, 5) is 31.2. The number of halogens is 1. The van der Waals surface area contributed by atoms with Gasteiger partial charge in [0, 0.05) is 25.2 Å². The average molecular weight is 479 g/mol. The lowest BCUT2D eigenvalue weighted by Gasteiger charge is -2.24. The smallest absolute Gasteiger partial charge is 0.332 e. The van der Waals surface area contributed by atoms with E-state index in [0.717, 1.165) is 17.7 Å². The van der Waals surface area contributed by atoms with E-state index in [2.05, 4.69) is 10.1 Å². The van der Waals surface area contributed by atoms with Gasteiger partial charge < -0.3 is 9.30 Å². The molecule has 0 fully saturated rings. The molecule has 9 nitrogen and oxygen atoms in total. The third-order valence-electron chi connectivity index (χ3n) is 5.94. The predicted octanol–water partition coefficient (Wildman–Crippen LogP) is 2.85. The Bertz CT molecular complexity index is 1520. The van der Waals surface area contributed by atoms with E-state index < -0.39 is 11.2 Å². The molecule has 0 radical (unpaired) electrons. The maximum absolute atomic E-state index is 13.5. The van der Waals surface area contributed by atoms with Crippen LogP contribution >= 0.6 is 11.6 Å². The molecule has 0 N–H and O–H groups in total. The highest BCUT2D eigenvalue weighted by Crippen LogP contribution is 2.25. The van der Waals surface area contributed by atoms with Crippen LogP contribution in [0.15, 0.2) is 63.2 Å². The number of hydrogen-bond donors (Lipinski definition) is 0. The van der Waals surface area contributed by atoms with Gasteiger partial charge in [0.2, 0.25) is 5.95 Å². The number of imidazole rings is 1. The van der Waals surface area contributed by atoms with Gasteiger partial charge in [0.05, 0.1) is 19.9 Å². The summed E-state index contributed by atoms with van der Waals surface area (Å²) >= 11 is 6.28. The fourth-order valence-corrected chi connectivity index (χ4v) is 4.32. The van der Waals surface area contributed by atoms with E-state index in [1.54, 1.807) is 37.5 Å². The van der Waals surface area contributed by atoms with E-state index in [-0.39, 0.29) is 6.54 Å². The van der Waals surface area contributed by atoms with Gasteiger partial charge in [0.25, 0.3) is 5.56 Å². The highest BCUT2D eigenvalue weighted by atomic mass is 35.5. The van der Waals surface area contributed by atoms with Crippen LogP contribution in [0.4, 0.5) is 5.95 Å². The molecule has 10 heteroatoms. The van der Waals surface area contributed by atoms with Crippen LogP contribution in [0.3, 0.4) is 0 Å². The van der Waals surface area contributed by atoms with Crippen molar-refractivity contribution in [1.29, 1.82) is 0 Å². The third-order valence-corrected chi connectivity index (χ3v) is 6.31. The Labute approximate surface area is 200 Å². The van der Waals surface area contributed by atoms with E-state index in [1.807, 2.05) is 41.0 Å². The Kier molecular flexibility index (Phi) is 5.70. The summed E-state index contributed by atoms with van der Waals surface area (Å²) in [5.74, 6) is 1.31. The maximum atomic E-state index is 13.5. The normalized spacial score (nSPS) is 13.6. The van der Waals surface area contributed by atoms with Crippen molar-refractivity contribution in [1.82, 2.24) is 18.7 Å². The molecule has 0 atom stereocenters. The van der Waals surface area contributed by atoms with Gasteiger partial charge in [-0.1, -0.05) is 29.8 Å². The van der Waals surface area contributed by atoms with Crippen molar-refractivity contribution in [2.24, 2.45) is 12.1 Å². The van der Waals surface area contributed by atoms with Gasteiger partial charge in [-0.3, -0.25) is 13.9 Å². The monoisotopic (exact) mass is 478 g/mol. The molecule has 0 aliphatic carbocycles. The first-order chi connectivity index (χ1) is 16.5. The van der Waals surface area contributed by atoms with E-state index in [9.17, 15) is 9.59 Å². The Hall–Kier alpha value is -3.85. The third kappa shape index (κ3) is 3.77. The summed E-state index contributed by atoms with van der Waals surface area (Å²) in [5, 5.41) is 6.87. The Balaban J connectivity index is 1.58. The number of anilines is 1. The lowest BCUT2D eigenvalue weighted by atomic mass is 10.2. The quantitative estimate of drug-likeness (QED) is 0.412. The molecule has 5 rings (SSSR count). The number of fused-ring (bicyclic) bond motifs is 3. The van der Waals surface area contributed by atoms with E-state index in [1.165, 1.54) is 9.13 Å². The highest BCUT2D eigenvalue weighted by molar-refractivity contribution is 6.31. The molecule has 1 aliphatic heterocycles. The summed E-state index contributed by atoms with van der Waals surface area (Å²) in [5.41, 5.74) is 1.50. The lowest BCUT2D eigenvalue weighted by Crippen LogP contribution is -2.40. The van der Waals surface area contributed by atoms with E-state index >= 15 is 0 Å². The Morgan fingerprint density at radius 2 is 1.88 bits per heavy atom. The second-order valence-electron chi connectivity index (χ2n) is 8.05. The molecular weight excluding hydrogens is 456 g/mol. The van der Waals surface area contributed by atoms with Gasteiger partial charge in [-0.15, -0.1) is 0 Å². The molecular formula is C24H23ClN6O3. The van der Waals surface area contributed by atoms with Crippen molar-refractivity contribution in [3.63, 3.8) is 0 Å². The van der Waals surface area contributed by atoms with Gasteiger partial charge in [0.15, 0.2) is 11.2 Å². The average Bonchev–Trinajstić information content (AvgIpc) is 3.26. The first-order valence-corrected chi connectivity index (χ1v) is 11.2. The van der Waals surface area contributed by atoms with Crippen LogP contribution in [-0.4, -0.2) is 38.6 Å². The zero-order valence-electron chi connectivity index (χ0n) is 18.8. The number of aromatic nitrogens is 4. The molecule has 4 aromatic rings. The number of rotatable bonds is 5. The minimum atomic E-state index is -0.443. The van der Waals surface area contributed by atoms with Crippen molar-refractivity contribution in [2.45, 2.75) is 19.5 Å². The molecule has 0 amide bonds. The summed E-state index contributed by atoms with van der Waals surface area (Å²) < 4.78 is 9.65. The van der Waals surface area contributed by atoms with Crippen molar-refractivity contribution in [3.8, 4) is 5.75 Å². The van der Waals surface area contributed by atoms with Crippen LogP contribution in [0.5, 0.6) is 5.75 Å². The van der Waals surface area contributed by atoms with Gasteiger partial charge in [-0.25, -0.2) is 9.80 Å². The largest absolute Gasteiger partial charge is 0.497 e. The second kappa shape index (κ2) is 8.83. The summed E-state index contributed by atoms with van der Waals surface area (Å²) in [6.07, 6.45) is 2.52. The number of nitrogens with zero attached hydrogens (tertiary/aromatic N) is 6. The van der Waals surface area contributed by atoms with Gasteiger partial charge in [0.1, 0.15) is 5.75 Å². The van der Waals surface area contributed by atoms with Crippen molar-refractivity contribution >= 4 is 34.9 Å². The number of methoxy groups -OCH3 is 1. The van der Waals surface area contributed by atoms with Crippen molar-refractivity contribution < 1.29 is 4.74 Å². The second-order valence-corrected chi connectivity index (χ2v) is 8.46. The van der Waals surface area contributed by atoms with Crippen LogP contribution in [0, 0.1) is 0 Å². The van der Waals surface area contributed by atoms with Gasteiger partial charge in [-0.2, -0.15) is 10.1 Å². The van der Waals surface area contributed by atoms with Crippen LogP contribution in [0.1, 0.15) is 17.5 Å². The molecule has 0 saturated heterocycles. The van der Waals surface area contributed by atoms with Crippen LogP contribution in [0.2, 0.25) is 5.02 Å². The van der Waals surface area contributed by atoms with Crippen molar-refractivity contribution in [3.05, 3.63) is 85.5 Å². The molecule has 174 valence electrons. The number of hydrogen-bond acceptors (Lipinski definition) is 6. The van der Waals surface area contributed by atoms with Crippen LogP contribution < -0.4 is 21.0 Å². The van der Waals surface area contributed by atoms with Gasteiger partial charge >= 0.3 is 5.69 Å². The topological polar surface area (TPSA) is 86.7 Å². The molecule has 0 spiro atoms. The molecule has 3 heterocycles. The zero-order valence-corrected chi connectivity index (χ0v) is 19.6. The molecule has 34 heavy (non-hydrogen) atoms. The first kappa shape index (κ1) is 22.0. The predicted molar refractivity (Wildman–Crippen MR) is 132 cm³/mol. The molecule has 0 bridgehead atoms. The molecule has 1 aliphatic rings. The SMILES string of the molecule is COc1ccc(C=NN2CCCn3c2nc2c3c(=O)n(Cc3ccccc3Cl)c(=O)n2C)cc1. The molecule has 2 aromatic heterocycles. The summed E-state index contributed by atoms with van der Waals surface area (Å²) in [7, 11) is 3.24. The number of ether oxygens (including phenoxy) is 1. The maximum Gasteiger partial charge on any atom is 0.332 e. The van der Waals surface area contributed by atoms with E-state index in [0.29, 0.717) is 40.8 Å².